The molecule has 6 N–H and O–H groups in total. The molecule has 4 rings (SSSR count). The van der Waals surface area contributed by atoms with Crippen LogP contribution in [0.2, 0.25) is 0 Å². The number of aliphatic hydroxyl groups is 5. The van der Waals surface area contributed by atoms with E-state index >= 15 is 0 Å². The van der Waals surface area contributed by atoms with Crippen molar-refractivity contribution < 1.29 is 49.6 Å². The van der Waals surface area contributed by atoms with Crippen LogP contribution in [0.5, 0.6) is 5.75 Å². The molecule has 2 aliphatic carbocycles. The fourth-order valence-corrected chi connectivity index (χ4v) is 6.73. The lowest BCUT2D eigenvalue weighted by molar-refractivity contribution is -0.312. The monoisotopic (exact) mass is 552 g/mol. The van der Waals surface area contributed by atoms with Crippen LogP contribution >= 0.6 is 0 Å². The molecule has 1 heterocycles. The molecule has 0 bridgehead atoms. The smallest absolute Gasteiger partial charge is 0.341 e. The maximum atomic E-state index is 11.1. The van der Waals surface area contributed by atoms with E-state index in [-0.39, 0.29) is 30.5 Å². The Morgan fingerprint density at radius 2 is 1.87 bits per heavy atom. The largest absolute Gasteiger partial charge is 0.482 e. The second-order valence-corrected chi connectivity index (χ2v) is 11.4. The van der Waals surface area contributed by atoms with E-state index < -0.39 is 49.4 Å². The van der Waals surface area contributed by atoms with Crippen LogP contribution < -0.4 is 4.74 Å². The third-order valence-corrected chi connectivity index (χ3v) is 8.82. The summed E-state index contributed by atoms with van der Waals surface area (Å²) in [7, 11) is 0. The summed E-state index contributed by atoms with van der Waals surface area (Å²) in [5, 5.41) is 60.4. The number of benzene rings is 1. The lowest BCUT2D eigenvalue weighted by Gasteiger charge is -2.41. The number of rotatable bonds is 13. The maximum Gasteiger partial charge on any atom is 0.341 e. The van der Waals surface area contributed by atoms with Crippen LogP contribution in [-0.2, 0) is 27.1 Å². The van der Waals surface area contributed by atoms with Gasteiger partial charge in [0.2, 0.25) is 0 Å². The van der Waals surface area contributed by atoms with E-state index in [1.165, 1.54) is 0 Å². The molecule has 220 valence electrons. The molecular weight excluding hydrogens is 508 g/mol. The van der Waals surface area contributed by atoms with Crippen LogP contribution in [0.15, 0.2) is 18.2 Å². The minimum Gasteiger partial charge on any atom is -0.482 e. The Labute approximate surface area is 229 Å². The molecule has 39 heavy (non-hydrogen) atoms. The molecule has 0 radical (unpaired) electrons. The average Bonchev–Trinajstić information content (AvgIpc) is 3.22. The number of unbranched alkanes of at least 4 members (excludes halogenated alkanes) is 2. The second-order valence-electron chi connectivity index (χ2n) is 11.4. The van der Waals surface area contributed by atoms with Crippen LogP contribution in [0, 0.1) is 17.8 Å². The molecule has 1 aliphatic heterocycles. The zero-order valence-corrected chi connectivity index (χ0v) is 22.6. The molecule has 3 aliphatic rings. The Morgan fingerprint density at radius 1 is 1.08 bits per heavy atom. The lowest BCUT2D eigenvalue weighted by atomic mass is 9.73. The molecule has 0 aromatic heterocycles. The molecule has 1 saturated carbocycles. The topological polar surface area (TPSA) is 166 Å². The number of aliphatic carboxylic acids is 1. The first-order valence-electron chi connectivity index (χ1n) is 14.3. The van der Waals surface area contributed by atoms with Crippen LogP contribution in [0.1, 0.15) is 63.0 Å². The van der Waals surface area contributed by atoms with Crippen molar-refractivity contribution in [3.8, 4) is 5.75 Å². The van der Waals surface area contributed by atoms with Gasteiger partial charge in [-0.25, -0.2) is 4.79 Å². The van der Waals surface area contributed by atoms with Gasteiger partial charge in [-0.1, -0.05) is 38.3 Å². The van der Waals surface area contributed by atoms with E-state index in [9.17, 15) is 30.3 Å². The summed E-state index contributed by atoms with van der Waals surface area (Å²) in [4.78, 5) is 11.0. The first kappa shape index (κ1) is 30.2. The third kappa shape index (κ3) is 7.11. The predicted octanol–water partition coefficient (Wildman–Crippen LogP) is 1.41. The molecule has 0 amide bonds. The van der Waals surface area contributed by atoms with Gasteiger partial charge in [0.05, 0.1) is 18.8 Å². The summed E-state index contributed by atoms with van der Waals surface area (Å²) in [6, 6.07) is 5.74. The highest BCUT2D eigenvalue weighted by Crippen LogP contribution is 2.48. The van der Waals surface area contributed by atoms with E-state index in [0.29, 0.717) is 18.6 Å². The summed E-state index contributed by atoms with van der Waals surface area (Å²) < 4.78 is 17.3. The predicted molar refractivity (Wildman–Crippen MR) is 140 cm³/mol. The lowest BCUT2D eigenvalue weighted by Crippen LogP contribution is -2.59. The summed E-state index contributed by atoms with van der Waals surface area (Å²) in [5.41, 5.74) is 2.17. The van der Waals surface area contributed by atoms with Crippen molar-refractivity contribution in [1.29, 1.82) is 0 Å². The van der Waals surface area contributed by atoms with Gasteiger partial charge in [0.1, 0.15) is 30.2 Å². The molecule has 1 aromatic rings. The number of carboxylic acid groups (broad SMARTS) is 1. The van der Waals surface area contributed by atoms with Gasteiger partial charge >= 0.3 is 5.97 Å². The highest BCUT2D eigenvalue weighted by molar-refractivity contribution is 5.68. The first-order chi connectivity index (χ1) is 18.7. The van der Waals surface area contributed by atoms with Crippen molar-refractivity contribution in [2.24, 2.45) is 17.8 Å². The van der Waals surface area contributed by atoms with E-state index in [1.54, 1.807) is 0 Å². The summed E-state index contributed by atoms with van der Waals surface area (Å²) in [6.07, 6.45) is -0.00325. The number of fused-ring (bicyclic) bond motifs is 2. The van der Waals surface area contributed by atoms with Gasteiger partial charge < -0.3 is 44.8 Å². The highest BCUT2D eigenvalue weighted by Gasteiger charge is 2.47. The van der Waals surface area contributed by atoms with Gasteiger partial charge in [-0.05, 0) is 73.5 Å². The van der Waals surface area contributed by atoms with Crippen LogP contribution in [0.4, 0.5) is 0 Å². The van der Waals surface area contributed by atoms with Gasteiger partial charge in [-0.3, -0.25) is 0 Å². The molecule has 1 saturated heterocycles. The molecule has 1 unspecified atom stereocenters. The number of ether oxygens (including phenoxy) is 3. The number of hydrogen-bond acceptors (Lipinski definition) is 9. The summed E-state index contributed by atoms with van der Waals surface area (Å²) in [6.45, 7) is 1.22. The number of carbonyl (C=O) groups is 1. The van der Waals surface area contributed by atoms with Gasteiger partial charge in [0.25, 0.3) is 0 Å². The Kier molecular flexibility index (Phi) is 10.6. The SMILES string of the molecule is CCCCC[C@H](CC[C@H]1C2Cc3cccc(OCC(=O)O)c3C[C@@H]2C[C@@H]1O)O[C@@H]1O[C@H](CO)[C@@H](O)[C@H](O)[C@H]1O. The average molecular weight is 553 g/mol. The van der Waals surface area contributed by atoms with E-state index in [4.69, 9.17) is 19.3 Å². The summed E-state index contributed by atoms with van der Waals surface area (Å²) >= 11 is 0. The molecule has 10 heteroatoms. The van der Waals surface area contributed by atoms with Crippen LogP contribution in [0.3, 0.4) is 0 Å². The fraction of sp³-hybridized carbons (Fsp3) is 0.759. The molecular formula is C29H44O10. The number of aliphatic hydroxyl groups excluding tert-OH is 5. The van der Waals surface area contributed by atoms with Gasteiger partial charge in [0, 0.05) is 0 Å². The number of hydrogen-bond donors (Lipinski definition) is 6. The van der Waals surface area contributed by atoms with Crippen LogP contribution in [-0.4, -0.2) is 92.7 Å². The second kappa shape index (κ2) is 13.7. The molecule has 1 aromatic carbocycles. The Bertz CT molecular complexity index is 939. The molecule has 0 spiro atoms. The first-order valence-corrected chi connectivity index (χ1v) is 14.3. The van der Waals surface area contributed by atoms with E-state index in [1.807, 2.05) is 12.1 Å². The minimum atomic E-state index is -1.48. The Balaban J connectivity index is 1.42. The van der Waals surface area contributed by atoms with Crippen LogP contribution in [0.25, 0.3) is 0 Å². The van der Waals surface area contributed by atoms with Crippen molar-refractivity contribution in [3.05, 3.63) is 29.3 Å². The molecule has 10 nitrogen and oxygen atoms in total. The quantitative estimate of drug-likeness (QED) is 0.197. The highest BCUT2D eigenvalue weighted by atomic mass is 16.7. The third-order valence-electron chi connectivity index (χ3n) is 8.82. The van der Waals surface area contributed by atoms with E-state index in [2.05, 4.69) is 13.0 Å². The van der Waals surface area contributed by atoms with Crippen molar-refractivity contribution in [3.63, 3.8) is 0 Å². The zero-order valence-electron chi connectivity index (χ0n) is 22.6. The van der Waals surface area contributed by atoms with Gasteiger partial charge in [-0.2, -0.15) is 0 Å². The van der Waals surface area contributed by atoms with Crippen molar-refractivity contribution in [1.82, 2.24) is 0 Å². The van der Waals surface area contributed by atoms with E-state index in [0.717, 1.165) is 56.1 Å². The normalized spacial score (nSPS) is 34.8. The standard InChI is InChI=1S/C29H44O10/c1-2-3-4-7-18(38-29-28(36)27(35)26(34)24(14-30)39-29)9-10-19-20-11-16-6-5-8-23(37-15-25(32)33)21(16)12-17(20)13-22(19)31/h5-6,8,17-20,22,24,26-31,34-36H,2-4,7,9-15H2,1H3,(H,32,33)/t17-,18-,19+,20?,22+,24-,26-,27+,28-,29-/m1/s1. The van der Waals surface area contributed by atoms with Gasteiger partial charge in [0.15, 0.2) is 12.9 Å². The Morgan fingerprint density at radius 3 is 2.59 bits per heavy atom. The van der Waals surface area contributed by atoms with Crippen molar-refractivity contribution in [2.75, 3.05) is 13.2 Å². The minimum absolute atomic E-state index is 0.0684. The summed E-state index contributed by atoms with van der Waals surface area (Å²) in [5.74, 6) is 0.217. The van der Waals surface area contributed by atoms with Gasteiger partial charge in [-0.15, -0.1) is 0 Å². The fourth-order valence-electron chi connectivity index (χ4n) is 6.73. The van der Waals surface area contributed by atoms with Crippen molar-refractivity contribution in [2.45, 2.75) is 108 Å². The molecule has 10 atom stereocenters. The number of carboxylic acids is 1. The Hall–Kier alpha value is -1.79. The molecule has 2 fully saturated rings. The van der Waals surface area contributed by atoms with Crippen molar-refractivity contribution >= 4 is 5.97 Å². The maximum absolute atomic E-state index is 11.1. The zero-order chi connectivity index (χ0) is 28.1.